The molecule has 1 aliphatic heterocycles. The van der Waals surface area contributed by atoms with Gasteiger partial charge in [0.1, 0.15) is 10.1 Å². The Morgan fingerprint density at radius 1 is 1.19 bits per heavy atom. The number of carbonyl (C=O) groups is 1. The van der Waals surface area contributed by atoms with Crippen LogP contribution in [-0.2, 0) is 4.79 Å². The van der Waals surface area contributed by atoms with Crippen LogP contribution < -0.4 is 5.32 Å². The van der Waals surface area contributed by atoms with Crippen LogP contribution >= 0.6 is 24.0 Å². The van der Waals surface area contributed by atoms with E-state index < -0.39 is 11.6 Å². The summed E-state index contributed by atoms with van der Waals surface area (Å²) in [7, 11) is 0. The standard InChI is InChI=1S/C19H8F2N2O2S2/c20-14-4-2-10(5-15(14)21)1-3-11-8-22-9-12-6-13(25-17(11)12)7-16-18(24)23-19(26)27-16/h2,4-9H,(H,23,24,26)/b16-7-. The third-order valence-electron chi connectivity index (χ3n) is 3.62. The van der Waals surface area contributed by atoms with Crippen molar-refractivity contribution in [2.45, 2.75) is 0 Å². The van der Waals surface area contributed by atoms with Crippen molar-refractivity contribution in [1.82, 2.24) is 10.3 Å². The minimum absolute atomic E-state index is 0.276. The molecule has 1 fully saturated rings. The number of hydrogen-bond acceptors (Lipinski definition) is 5. The van der Waals surface area contributed by atoms with Crippen molar-refractivity contribution in [2.75, 3.05) is 0 Å². The van der Waals surface area contributed by atoms with E-state index in [0.29, 0.717) is 37.1 Å². The molecule has 4 rings (SSSR count). The summed E-state index contributed by atoms with van der Waals surface area (Å²) < 4.78 is 32.5. The van der Waals surface area contributed by atoms with Crippen LogP contribution in [0.25, 0.3) is 17.0 Å². The minimum atomic E-state index is -0.963. The monoisotopic (exact) mass is 398 g/mol. The highest BCUT2D eigenvalue weighted by molar-refractivity contribution is 8.26. The Balaban J connectivity index is 1.71. The lowest BCUT2D eigenvalue weighted by Crippen LogP contribution is -2.17. The molecule has 4 nitrogen and oxygen atoms in total. The maximum Gasteiger partial charge on any atom is 0.263 e. The van der Waals surface area contributed by atoms with Crippen molar-refractivity contribution in [3.63, 3.8) is 0 Å². The average Bonchev–Trinajstić information content (AvgIpc) is 3.18. The normalized spacial score (nSPS) is 15.1. The van der Waals surface area contributed by atoms with Gasteiger partial charge in [-0.3, -0.25) is 9.78 Å². The average molecular weight is 398 g/mol. The summed E-state index contributed by atoms with van der Waals surface area (Å²) in [6.07, 6.45) is 4.71. The zero-order chi connectivity index (χ0) is 19.0. The molecule has 1 aromatic carbocycles. The maximum absolute atomic E-state index is 13.3. The second-order valence-corrected chi connectivity index (χ2v) is 7.20. The Labute approximate surface area is 161 Å². The fourth-order valence-corrected chi connectivity index (χ4v) is 3.43. The molecule has 1 N–H and O–H groups in total. The van der Waals surface area contributed by atoms with Crippen molar-refractivity contribution < 1.29 is 18.0 Å². The van der Waals surface area contributed by atoms with E-state index in [-0.39, 0.29) is 5.91 Å². The Kier molecular flexibility index (Phi) is 4.48. The molecule has 3 heterocycles. The van der Waals surface area contributed by atoms with E-state index >= 15 is 0 Å². The lowest BCUT2D eigenvalue weighted by molar-refractivity contribution is -0.115. The third kappa shape index (κ3) is 3.60. The van der Waals surface area contributed by atoms with Crippen LogP contribution in [0.1, 0.15) is 16.9 Å². The van der Waals surface area contributed by atoms with Gasteiger partial charge in [0.15, 0.2) is 17.2 Å². The van der Waals surface area contributed by atoms with Crippen molar-refractivity contribution in [3.8, 4) is 11.8 Å². The van der Waals surface area contributed by atoms with Gasteiger partial charge in [-0.15, -0.1) is 0 Å². The highest BCUT2D eigenvalue weighted by Gasteiger charge is 2.22. The van der Waals surface area contributed by atoms with Gasteiger partial charge in [0, 0.05) is 29.4 Å². The summed E-state index contributed by atoms with van der Waals surface area (Å²) in [6, 6.07) is 5.15. The minimum Gasteiger partial charge on any atom is -0.455 e. The number of benzene rings is 1. The zero-order valence-electron chi connectivity index (χ0n) is 13.4. The van der Waals surface area contributed by atoms with Crippen LogP contribution in [-0.4, -0.2) is 15.2 Å². The van der Waals surface area contributed by atoms with E-state index in [2.05, 4.69) is 22.1 Å². The van der Waals surface area contributed by atoms with Crippen molar-refractivity contribution in [2.24, 2.45) is 0 Å². The summed E-state index contributed by atoms with van der Waals surface area (Å²) in [6.45, 7) is 0. The second kappa shape index (κ2) is 6.95. The highest BCUT2D eigenvalue weighted by Crippen LogP contribution is 2.29. The number of carbonyl (C=O) groups excluding carboxylic acids is 1. The van der Waals surface area contributed by atoms with E-state index in [0.717, 1.165) is 23.9 Å². The van der Waals surface area contributed by atoms with Crippen LogP contribution in [0.2, 0.25) is 0 Å². The maximum atomic E-state index is 13.3. The van der Waals surface area contributed by atoms with Crippen LogP contribution in [0, 0.1) is 23.5 Å². The molecular formula is C19H8F2N2O2S2. The molecule has 2 aromatic heterocycles. The molecule has 1 amide bonds. The molecule has 0 saturated carbocycles. The number of rotatable bonds is 1. The van der Waals surface area contributed by atoms with Gasteiger partial charge in [-0.2, -0.15) is 0 Å². The number of hydrogen-bond donors (Lipinski definition) is 1. The fourth-order valence-electron chi connectivity index (χ4n) is 2.41. The number of furan rings is 1. The molecule has 0 spiro atoms. The van der Waals surface area contributed by atoms with Gasteiger partial charge in [0.05, 0.1) is 10.5 Å². The number of pyridine rings is 1. The van der Waals surface area contributed by atoms with Gasteiger partial charge < -0.3 is 9.73 Å². The van der Waals surface area contributed by atoms with E-state index in [9.17, 15) is 13.6 Å². The first-order valence-electron chi connectivity index (χ1n) is 7.59. The number of nitrogens with zero attached hydrogens (tertiary/aromatic N) is 1. The first-order valence-corrected chi connectivity index (χ1v) is 8.81. The first kappa shape index (κ1) is 17.4. The summed E-state index contributed by atoms with van der Waals surface area (Å²) in [5, 5.41) is 3.23. The van der Waals surface area contributed by atoms with Crippen LogP contribution in [0.15, 0.2) is 46.0 Å². The zero-order valence-corrected chi connectivity index (χ0v) is 15.0. The number of thiocarbonyl (C=S) groups is 1. The lowest BCUT2D eigenvalue weighted by atomic mass is 10.2. The molecule has 0 bridgehead atoms. The number of halogens is 2. The van der Waals surface area contributed by atoms with Crippen molar-refractivity contribution in [3.05, 3.63) is 70.1 Å². The summed E-state index contributed by atoms with van der Waals surface area (Å²) in [5.74, 6) is 3.90. The molecule has 0 radical (unpaired) electrons. The number of aromatic nitrogens is 1. The van der Waals surface area contributed by atoms with E-state index in [1.807, 2.05) is 0 Å². The largest absolute Gasteiger partial charge is 0.455 e. The molecule has 0 atom stereocenters. The molecule has 0 aliphatic carbocycles. The number of amides is 1. The fraction of sp³-hybridized carbons (Fsp3) is 0. The lowest BCUT2D eigenvalue weighted by Gasteiger charge is -1.94. The summed E-state index contributed by atoms with van der Waals surface area (Å²) in [5.41, 5.74) is 1.30. The van der Waals surface area contributed by atoms with Crippen LogP contribution in [0.4, 0.5) is 8.78 Å². The number of nitrogens with one attached hydrogen (secondary N) is 1. The molecule has 1 saturated heterocycles. The van der Waals surface area contributed by atoms with Gasteiger partial charge in [0.2, 0.25) is 0 Å². The van der Waals surface area contributed by atoms with Gasteiger partial charge in [-0.05, 0) is 24.3 Å². The molecule has 0 unspecified atom stereocenters. The topological polar surface area (TPSA) is 55.1 Å². The van der Waals surface area contributed by atoms with Crippen molar-refractivity contribution >= 4 is 51.3 Å². The molecular weight excluding hydrogens is 390 g/mol. The molecule has 8 heteroatoms. The SMILES string of the molecule is O=C1NC(=S)S/C1=C\c1cc2cncc(C#Cc3ccc(F)c(F)c3)c2o1. The van der Waals surface area contributed by atoms with E-state index in [4.69, 9.17) is 16.6 Å². The van der Waals surface area contributed by atoms with Crippen LogP contribution in [0.3, 0.4) is 0 Å². The molecule has 1 aliphatic rings. The number of thioether (sulfide) groups is 1. The first-order chi connectivity index (χ1) is 13.0. The predicted molar refractivity (Wildman–Crippen MR) is 103 cm³/mol. The van der Waals surface area contributed by atoms with Crippen molar-refractivity contribution in [1.29, 1.82) is 0 Å². The molecule has 132 valence electrons. The third-order valence-corrected chi connectivity index (χ3v) is 4.78. The van der Waals surface area contributed by atoms with Gasteiger partial charge in [-0.25, -0.2) is 8.78 Å². The second-order valence-electron chi connectivity index (χ2n) is 5.49. The van der Waals surface area contributed by atoms with E-state index in [1.54, 1.807) is 18.3 Å². The number of fused-ring (bicyclic) bond motifs is 1. The van der Waals surface area contributed by atoms with Gasteiger partial charge in [-0.1, -0.05) is 35.8 Å². The highest BCUT2D eigenvalue weighted by atomic mass is 32.2. The van der Waals surface area contributed by atoms with Gasteiger partial charge in [0.25, 0.3) is 5.91 Å². The van der Waals surface area contributed by atoms with Gasteiger partial charge >= 0.3 is 0 Å². The summed E-state index contributed by atoms with van der Waals surface area (Å²) >= 11 is 6.11. The molecule has 27 heavy (non-hydrogen) atoms. The Bertz CT molecular complexity index is 1210. The Morgan fingerprint density at radius 3 is 2.78 bits per heavy atom. The summed E-state index contributed by atoms with van der Waals surface area (Å²) in [4.78, 5) is 16.3. The smallest absolute Gasteiger partial charge is 0.263 e. The quantitative estimate of drug-likeness (QED) is 0.382. The Hall–Kier alpha value is -3.02. The Morgan fingerprint density at radius 2 is 2.04 bits per heavy atom. The predicted octanol–water partition coefficient (Wildman–Crippen LogP) is 3.99. The molecule has 3 aromatic rings. The van der Waals surface area contributed by atoms with Crippen LogP contribution in [0.5, 0.6) is 0 Å². The van der Waals surface area contributed by atoms with E-state index in [1.165, 1.54) is 12.3 Å².